The minimum atomic E-state index is -0.817. The molecule has 0 aliphatic rings. The predicted molar refractivity (Wildman–Crippen MR) is 67.7 cm³/mol. The Morgan fingerprint density at radius 1 is 1.59 bits per heavy atom. The molecule has 3 amide bonds. The van der Waals surface area contributed by atoms with Crippen LogP contribution in [0.25, 0.3) is 0 Å². The van der Waals surface area contributed by atoms with E-state index in [1.54, 1.807) is 18.3 Å². The van der Waals surface area contributed by atoms with Crippen LogP contribution in [0.3, 0.4) is 0 Å². The number of nitrogens with one attached hydrogen (secondary N) is 1. The van der Waals surface area contributed by atoms with E-state index < -0.39 is 12.1 Å². The number of aryl methyl sites for hydroxylation is 1. The van der Waals surface area contributed by atoms with Crippen molar-refractivity contribution in [2.45, 2.75) is 26.4 Å². The molecular formula is C11H17N3O2S. The number of hydrogen-bond acceptors (Lipinski definition) is 4. The minimum absolute atomic E-state index is 0.380. The first-order valence-electron chi connectivity index (χ1n) is 5.25. The van der Waals surface area contributed by atoms with Crippen molar-refractivity contribution in [1.29, 1.82) is 0 Å². The first-order valence-corrected chi connectivity index (χ1v) is 6.13. The van der Waals surface area contributed by atoms with Gasteiger partial charge in [0, 0.05) is 11.4 Å². The second-order valence-corrected chi connectivity index (χ2v) is 4.97. The van der Waals surface area contributed by atoms with Gasteiger partial charge < -0.3 is 5.73 Å². The first-order chi connectivity index (χ1) is 7.91. The summed E-state index contributed by atoms with van der Waals surface area (Å²) in [5, 5.41) is 4.10. The van der Waals surface area contributed by atoms with E-state index in [2.05, 4.69) is 5.32 Å². The molecular weight excluding hydrogens is 238 g/mol. The van der Waals surface area contributed by atoms with Crippen LogP contribution in [-0.2, 0) is 11.3 Å². The fourth-order valence-corrected chi connectivity index (χ4v) is 2.32. The number of nitrogens with two attached hydrogens (primary N) is 1. The van der Waals surface area contributed by atoms with E-state index >= 15 is 0 Å². The van der Waals surface area contributed by atoms with Gasteiger partial charge in [-0.05, 0) is 37.9 Å². The Hall–Kier alpha value is -1.40. The van der Waals surface area contributed by atoms with Gasteiger partial charge in [-0.1, -0.05) is 0 Å². The van der Waals surface area contributed by atoms with E-state index in [0.29, 0.717) is 6.54 Å². The molecule has 0 spiro atoms. The molecule has 1 heterocycles. The van der Waals surface area contributed by atoms with Crippen molar-refractivity contribution in [3.05, 3.63) is 21.9 Å². The molecule has 1 rings (SSSR count). The highest BCUT2D eigenvalue weighted by Gasteiger charge is 2.19. The first kappa shape index (κ1) is 13.7. The smallest absolute Gasteiger partial charge is 0.318 e. The van der Waals surface area contributed by atoms with E-state index in [4.69, 9.17) is 5.73 Å². The van der Waals surface area contributed by atoms with Crippen LogP contribution in [0.4, 0.5) is 4.79 Å². The molecule has 0 bridgehead atoms. The molecule has 5 nitrogen and oxygen atoms in total. The summed E-state index contributed by atoms with van der Waals surface area (Å²) in [5.74, 6) is -0.380. The third kappa shape index (κ3) is 3.83. The van der Waals surface area contributed by atoms with Crippen LogP contribution in [0.2, 0.25) is 0 Å². The van der Waals surface area contributed by atoms with Crippen LogP contribution in [0.5, 0.6) is 0 Å². The molecule has 0 aliphatic carbocycles. The fourth-order valence-electron chi connectivity index (χ4n) is 1.36. The quantitative estimate of drug-likeness (QED) is 0.845. The van der Waals surface area contributed by atoms with Crippen molar-refractivity contribution < 1.29 is 9.59 Å². The SMILES string of the molecule is Cc1ccsc1CN(C)[C@H](C)C(=O)NC(N)=O. The van der Waals surface area contributed by atoms with Crippen molar-refractivity contribution in [1.82, 2.24) is 10.2 Å². The number of imide groups is 1. The molecule has 0 aromatic carbocycles. The van der Waals surface area contributed by atoms with E-state index in [1.165, 1.54) is 10.4 Å². The molecule has 0 radical (unpaired) electrons. The van der Waals surface area contributed by atoms with Gasteiger partial charge >= 0.3 is 6.03 Å². The maximum Gasteiger partial charge on any atom is 0.318 e. The number of hydrogen-bond donors (Lipinski definition) is 2. The highest BCUT2D eigenvalue weighted by Crippen LogP contribution is 2.18. The van der Waals surface area contributed by atoms with E-state index in [9.17, 15) is 9.59 Å². The maximum atomic E-state index is 11.6. The molecule has 3 N–H and O–H groups in total. The van der Waals surface area contributed by atoms with Gasteiger partial charge in [-0.3, -0.25) is 15.0 Å². The largest absolute Gasteiger partial charge is 0.351 e. The minimum Gasteiger partial charge on any atom is -0.351 e. The van der Waals surface area contributed by atoms with Crippen LogP contribution < -0.4 is 11.1 Å². The standard InChI is InChI=1S/C11H17N3O2S/c1-7-4-5-17-9(7)6-14(3)8(2)10(15)13-11(12)16/h4-5,8H,6H2,1-3H3,(H3,12,13,15,16)/t8-/m1/s1. The van der Waals surface area contributed by atoms with Crippen LogP contribution in [0.15, 0.2) is 11.4 Å². The van der Waals surface area contributed by atoms with E-state index in [0.717, 1.165) is 0 Å². The molecule has 1 atom stereocenters. The lowest BCUT2D eigenvalue weighted by Crippen LogP contribution is -2.46. The summed E-state index contributed by atoms with van der Waals surface area (Å²) < 4.78 is 0. The average Bonchev–Trinajstić information content (AvgIpc) is 2.62. The molecule has 1 aromatic rings. The van der Waals surface area contributed by atoms with Crippen molar-refractivity contribution in [3.63, 3.8) is 0 Å². The molecule has 94 valence electrons. The summed E-state index contributed by atoms with van der Waals surface area (Å²) in [6, 6.07) is 0.827. The van der Waals surface area contributed by atoms with Crippen LogP contribution in [-0.4, -0.2) is 29.9 Å². The van der Waals surface area contributed by atoms with Crippen LogP contribution in [0.1, 0.15) is 17.4 Å². The summed E-state index contributed by atoms with van der Waals surface area (Å²) in [6.07, 6.45) is 0. The summed E-state index contributed by atoms with van der Waals surface area (Å²) in [7, 11) is 1.84. The zero-order valence-electron chi connectivity index (χ0n) is 10.2. The third-order valence-electron chi connectivity index (χ3n) is 2.65. The van der Waals surface area contributed by atoms with Crippen LogP contribution >= 0.6 is 11.3 Å². The molecule has 6 heteroatoms. The zero-order chi connectivity index (χ0) is 13.0. The number of nitrogens with zero attached hydrogens (tertiary/aromatic N) is 1. The van der Waals surface area contributed by atoms with Crippen molar-refractivity contribution in [2.75, 3.05) is 7.05 Å². The number of urea groups is 1. The highest BCUT2D eigenvalue weighted by molar-refractivity contribution is 7.10. The molecule has 17 heavy (non-hydrogen) atoms. The van der Waals surface area contributed by atoms with Gasteiger partial charge in [0.1, 0.15) is 0 Å². The van der Waals surface area contributed by atoms with Crippen molar-refractivity contribution >= 4 is 23.3 Å². The Labute approximate surface area is 105 Å². The van der Waals surface area contributed by atoms with Crippen molar-refractivity contribution in [3.8, 4) is 0 Å². The number of carbonyl (C=O) groups is 2. The summed E-state index contributed by atoms with van der Waals surface area (Å²) in [4.78, 5) is 25.2. The van der Waals surface area contributed by atoms with E-state index in [-0.39, 0.29) is 5.91 Å². The monoisotopic (exact) mass is 255 g/mol. The number of primary amides is 1. The van der Waals surface area contributed by atoms with Gasteiger partial charge in [-0.15, -0.1) is 11.3 Å². The molecule has 0 saturated carbocycles. The Morgan fingerprint density at radius 2 is 2.24 bits per heavy atom. The van der Waals surface area contributed by atoms with E-state index in [1.807, 2.05) is 30.3 Å². The summed E-state index contributed by atoms with van der Waals surface area (Å²) in [6.45, 7) is 4.45. The molecule has 0 fully saturated rings. The molecule has 1 aromatic heterocycles. The Bertz CT molecular complexity index is 417. The van der Waals surface area contributed by atoms with Gasteiger partial charge in [0.15, 0.2) is 0 Å². The van der Waals surface area contributed by atoms with Gasteiger partial charge in [0.2, 0.25) is 5.91 Å². The second-order valence-electron chi connectivity index (χ2n) is 3.97. The predicted octanol–water partition coefficient (Wildman–Crippen LogP) is 1.07. The Kier molecular flexibility index (Phi) is 4.65. The van der Waals surface area contributed by atoms with Gasteiger partial charge in [-0.25, -0.2) is 4.79 Å². The molecule has 0 saturated heterocycles. The van der Waals surface area contributed by atoms with Crippen molar-refractivity contribution in [2.24, 2.45) is 5.73 Å². The molecule has 0 aliphatic heterocycles. The number of rotatable bonds is 4. The average molecular weight is 255 g/mol. The maximum absolute atomic E-state index is 11.6. The van der Waals surface area contributed by atoms with Crippen LogP contribution in [0, 0.1) is 6.92 Å². The lowest BCUT2D eigenvalue weighted by molar-refractivity contribution is -0.124. The third-order valence-corrected chi connectivity index (χ3v) is 3.66. The summed E-state index contributed by atoms with van der Waals surface area (Å²) in [5.41, 5.74) is 6.12. The fraction of sp³-hybridized carbons (Fsp3) is 0.455. The van der Waals surface area contributed by atoms with Gasteiger partial charge in [0.05, 0.1) is 6.04 Å². The lowest BCUT2D eigenvalue weighted by atomic mass is 10.2. The number of thiophene rings is 1. The van der Waals surface area contributed by atoms with Gasteiger partial charge in [-0.2, -0.15) is 0 Å². The zero-order valence-corrected chi connectivity index (χ0v) is 11.0. The number of amides is 3. The molecule has 0 unspecified atom stereocenters. The summed E-state index contributed by atoms with van der Waals surface area (Å²) >= 11 is 1.66. The van der Waals surface area contributed by atoms with Gasteiger partial charge in [0.25, 0.3) is 0 Å². The number of likely N-dealkylation sites (N-methyl/N-ethyl adjacent to an activating group) is 1. The number of carbonyl (C=O) groups excluding carboxylic acids is 2. The second kappa shape index (κ2) is 5.79. The normalized spacial score (nSPS) is 12.5. The lowest BCUT2D eigenvalue weighted by Gasteiger charge is -2.22. The topological polar surface area (TPSA) is 75.4 Å². The Balaban J connectivity index is 2.58. The Morgan fingerprint density at radius 3 is 2.71 bits per heavy atom. The highest BCUT2D eigenvalue weighted by atomic mass is 32.1.